The lowest BCUT2D eigenvalue weighted by Crippen LogP contribution is -2.31. The molecule has 2 heteroatoms. The quantitative estimate of drug-likeness (QED) is 0.561. The van der Waals surface area contributed by atoms with Crippen molar-refractivity contribution in [1.29, 1.82) is 0 Å². The smallest absolute Gasteiger partial charge is 0.115 e. The molecule has 2 aromatic rings. The summed E-state index contributed by atoms with van der Waals surface area (Å²) in [5.74, 6) is 1.23. The Balaban J connectivity index is 1.57. The van der Waals surface area contributed by atoms with Gasteiger partial charge in [0.15, 0.2) is 0 Å². The van der Waals surface area contributed by atoms with Gasteiger partial charge < -0.3 is 0 Å². The first kappa shape index (κ1) is 19.8. The van der Waals surface area contributed by atoms with Crippen molar-refractivity contribution in [3.8, 4) is 0 Å². The van der Waals surface area contributed by atoms with Crippen LogP contribution in [-0.2, 0) is 13.1 Å². The minimum Gasteiger partial charge on any atom is -0.299 e. The molecule has 2 aromatic carbocycles. The zero-order valence-corrected chi connectivity index (χ0v) is 16.9. The third-order valence-corrected chi connectivity index (χ3v) is 5.47. The van der Waals surface area contributed by atoms with E-state index >= 15 is 0 Å². The molecule has 0 aromatic heterocycles. The number of benzene rings is 2. The molecule has 1 aliphatic rings. The molecule has 1 aliphatic heterocycles. The first-order chi connectivity index (χ1) is 13.0. The Labute approximate surface area is 163 Å². The molecule has 0 saturated heterocycles. The van der Waals surface area contributed by atoms with Crippen LogP contribution in [0, 0.1) is 5.92 Å². The van der Waals surface area contributed by atoms with Crippen LogP contribution < -0.4 is 0 Å². The molecule has 0 N–H and O–H groups in total. The zero-order valence-electron chi connectivity index (χ0n) is 16.9. The van der Waals surface area contributed by atoms with Crippen LogP contribution in [0.4, 0.5) is 4.39 Å². The van der Waals surface area contributed by atoms with Crippen LogP contribution in [0.1, 0.15) is 55.4 Å². The summed E-state index contributed by atoms with van der Waals surface area (Å²) >= 11 is 0. The highest BCUT2D eigenvalue weighted by Crippen LogP contribution is 2.25. The third-order valence-electron chi connectivity index (χ3n) is 5.47. The fourth-order valence-corrected chi connectivity index (χ4v) is 3.94. The number of nitrogens with zero attached hydrogens (tertiary/aromatic N) is 1. The normalized spacial score (nSPS) is 16.4. The summed E-state index contributed by atoms with van der Waals surface area (Å²) in [5.41, 5.74) is 6.16. The molecule has 144 valence electrons. The van der Waals surface area contributed by atoms with Gasteiger partial charge >= 0.3 is 0 Å². The fourth-order valence-electron chi connectivity index (χ4n) is 3.94. The Kier molecular flexibility index (Phi) is 6.84. The second-order valence-electron chi connectivity index (χ2n) is 8.31. The van der Waals surface area contributed by atoms with E-state index in [0.717, 1.165) is 38.0 Å². The molecule has 0 spiro atoms. The van der Waals surface area contributed by atoms with Crippen LogP contribution in [0.5, 0.6) is 0 Å². The number of hydrogen-bond donors (Lipinski definition) is 0. The van der Waals surface area contributed by atoms with Gasteiger partial charge in [0, 0.05) is 19.6 Å². The predicted molar refractivity (Wildman–Crippen MR) is 114 cm³/mol. The largest absolute Gasteiger partial charge is 0.299 e. The SMILES string of the molecule is CC(C)Cc1ccc(C(C)CN2CC=C(c3cccc(CF)c3)CC2)cc1. The van der Waals surface area contributed by atoms with Crippen molar-refractivity contribution < 1.29 is 4.39 Å². The second kappa shape index (κ2) is 9.32. The summed E-state index contributed by atoms with van der Waals surface area (Å²) in [6, 6.07) is 17.1. The highest BCUT2D eigenvalue weighted by atomic mass is 19.1. The Morgan fingerprint density at radius 1 is 1.00 bits per heavy atom. The van der Waals surface area contributed by atoms with Crippen LogP contribution in [0.2, 0.25) is 0 Å². The Hall–Kier alpha value is -1.93. The topological polar surface area (TPSA) is 3.24 Å². The van der Waals surface area contributed by atoms with Crippen LogP contribution in [0.25, 0.3) is 5.57 Å². The Morgan fingerprint density at radius 3 is 2.41 bits per heavy atom. The predicted octanol–water partition coefficient (Wildman–Crippen LogP) is 6.25. The third kappa shape index (κ3) is 5.52. The summed E-state index contributed by atoms with van der Waals surface area (Å²) in [6.07, 6.45) is 4.51. The molecule has 1 atom stereocenters. The minimum absolute atomic E-state index is 0.388. The lowest BCUT2D eigenvalue weighted by atomic mass is 9.95. The first-order valence-corrected chi connectivity index (χ1v) is 10.2. The number of hydrogen-bond acceptors (Lipinski definition) is 1. The summed E-state index contributed by atoms with van der Waals surface area (Å²) in [5, 5.41) is 0. The van der Waals surface area contributed by atoms with Crippen molar-refractivity contribution in [3.63, 3.8) is 0 Å². The molecule has 0 saturated carbocycles. The van der Waals surface area contributed by atoms with Gasteiger partial charge in [0.1, 0.15) is 6.67 Å². The van der Waals surface area contributed by atoms with Crippen molar-refractivity contribution in [2.75, 3.05) is 19.6 Å². The van der Waals surface area contributed by atoms with Crippen molar-refractivity contribution >= 4 is 5.57 Å². The molecular weight excluding hydrogens is 333 g/mol. The van der Waals surface area contributed by atoms with Gasteiger partial charge in [-0.1, -0.05) is 69.3 Å². The molecule has 3 rings (SSSR count). The molecule has 0 amide bonds. The molecule has 0 fully saturated rings. The van der Waals surface area contributed by atoms with Gasteiger partial charge in [-0.25, -0.2) is 4.39 Å². The number of halogens is 1. The Morgan fingerprint density at radius 2 is 1.78 bits per heavy atom. The van der Waals surface area contributed by atoms with E-state index in [1.807, 2.05) is 18.2 Å². The summed E-state index contributed by atoms with van der Waals surface area (Å²) in [7, 11) is 0. The first-order valence-electron chi connectivity index (χ1n) is 10.2. The maximum absolute atomic E-state index is 12.9. The van der Waals surface area contributed by atoms with E-state index in [-0.39, 0.29) is 6.67 Å². The molecule has 0 aliphatic carbocycles. The summed E-state index contributed by atoms with van der Waals surface area (Å²) in [4.78, 5) is 2.52. The lowest BCUT2D eigenvalue weighted by molar-refractivity contribution is 0.287. The molecule has 1 unspecified atom stereocenters. The van der Waals surface area contributed by atoms with Crippen molar-refractivity contribution in [1.82, 2.24) is 4.90 Å². The highest BCUT2D eigenvalue weighted by molar-refractivity contribution is 5.67. The monoisotopic (exact) mass is 365 g/mol. The molecule has 27 heavy (non-hydrogen) atoms. The van der Waals surface area contributed by atoms with Gasteiger partial charge in [0.25, 0.3) is 0 Å². The van der Waals surface area contributed by atoms with Crippen LogP contribution in [0.3, 0.4) is 0 Å². The average Bonchev–Trinajstić information content (AvgIpc) is 2.68. The van der Waals surface area contributed by atoms with E-state index < -0.39 is 0 Å². The number of rotatable bonds is 7. The average molecular weight is 366 g/mol. The van der Waals surface area contributed by atoms with Crippen LogP contribution in [-0.4, -0.2) is 24.5 Å². The van der Waals surface area contributed by atoms with Gasteiger partial charge in [0.2, 0.25) is 0 Å². The second-order valence-corrected chi connectivity index (χ2v) is 8.31. The van der Waals surface area contributed by atoms with Gasteiger partial charge in [-0.3, -0.25) is 4.90 Å². The van der Waals surface area contributed by atoms with E-state index in [0.29, 0.717) is 11.8 Å². The van der Waals surface area contributed by atoms with E-state index in [4.69, 9.17) is 0 Å². The Bertz CT molecular complexity index is 760. The van der Waals surface area contributed by atoms with Gasteiger partial charge in [-0.05, 0) is 58.6 Å². The molecule has 1 heterocycles. The van der Waals surface area contributed by atoms with E-state index in [2.05, 4.69) is 62.1 Å². The molecular formula is C25H32FN. The maximum Gasteiger partial charge on any atom is 0.115 e. The van der Waals surface area contributed by atoms with E-state index in [1.54, 1.807) is 0 Å². The highest BCUT2D eigenvalue weighted by Gasteiger charge is 2.16. The van der Waals surface area contributed by atoms with Crippen LogP contribution >= 0.6 is 0 Å². The van der Waals surface area contributed by atoms with E-state index in [1.165, 1.54) is 22.3 Å². The van der Waals surface area contributed by atoms with Gasteiger partial charge in [-0.15, -0.1) is 0 Å². The van der Waals surface area contributed by atoms with Crippen molar-refractivity contribution in [2.24, 2.45) is 5.92 Å². The maximum atomic E-state index is 12.9. The standard InChI is InChI=1S/C25H32FN/c1-19(2)15-21-7-9-23(10-8-21)20(3)18-27-13-11-24(12-14-27)25-6-4-5-22(16-25)17-26/h4-11,16,19-20H,12-15,17-18H2,1-3H3. The molecule has 0 bridgehead atoms. The molecule has 1 nitrogen and oxygen atoms in total. The van der Waals surface area contributed by atoms with Crippen LogP contribution in [0.15, 0.2) is 54.6 Å². The van der Waals surface area contributed by atoms with Gasteiger partial charge in [0.05, 0.1) is 0 Å². The minimum atomic E-state index is -0.388. The van der Waals surface area contributed by atoms with Crippen molar-refractivity contribution in [2.45, 2.75) is 46.2 Å². The van der Waals surface area contributed by atoms with E-state index in [9.17, 15) is 4.39 Å². The zero-order chi connectivity index (χ0) is 19.2. The number of alkyl halides is 1. The van der Waals surface area contributed by atoms with Crippen molar-refractivity contribution in [3.05, 3.63) is 76.9 Å². The lowest BCUT2D eigenvalue weighted by Gasteiger charge is -2.29. The fraction of sp³-hybridized carbons (Fsp3) is 0.440. The van der Waals surface area contributed by atoms with Gasteiger partial charge in [-0.2, -0.15) is 0 Å². The summed E-state index contributed by atoms with van der Waals surface area (Å²) in [6.45, 7) is 9.59. The molecule has 0 radical (unpaired) electrons. The summed E-state index contributed by atoms with van der Waals surface area (Å²) < 4.78 is 12.9.